The zero-order valence-corrected chi connectivity index (χ0v) is 10.4. The van der Waals surface area contributed by atoms with E-state index in [-0.39, 0.29) is 17.0 Å². The van der Waals surface area contributed by atoms with Gasteiger partial charge < -0.3 is 9.94 Å². The molecular formula is C13H14N2O4. The van der Waals surface area contributed by atoms with Crippen LogP contribution in [0.1, 0.15) is 11.1 Å². The fraction of sp³-hybridized carbons (Fsp3) is 0.231. The number of aryl methyl sites for hydroxylation is 1. The molecule has 1 heterocycles. The van der Waals surface area contributed by atoms with Crippen molar-refractivity contribution >= 4 is 0 Å². The highest BCUT2D eigenvalue weighted by molar-refractivity contribution is 5.13. The summed E-state index contributed by atoms with van der Waals surface area (Å²) >= 11 is 0. The highest BCUT2D eigenvalue weighted by atomic mass is 16.5. The molecule has 1 N–H and O–H groups in total. The van der Waals surface area contributed by atoms with Crippen LogP contribution in [0, 0.1) is 6.92 Å². The first-order valence-corrected chi connectivity index (χ1v) is 5.73. The number of nitrogens with zero attached hydrogens (tertiary/aromatic N) is 2. The molecule has 0 aliphatic rings. The van der Waals surface area contributed by atoms with E-state index >= 15 is 0 Å². The Labute approximate surface area is 109 Å². The van der Waals surface area contributed by atoms with E-state index in [0.717, 1.165) is 10.1 Å². The lowest BCUT2D eigenvalue weighted by molar-refractivity contribution is 0.0520. The van der Waals surface area contributed by atoms with Gasteiger partial charge in [0.05, 0.1) is 6.61 Å². The first-order valence-electron chi connectivity index (χ1n) is 5.73. The number of benzene rings is 1. The van der Waals surface area contributed by atoms with Gasteiger partial charge >= 0.3 is 5.69 Å². The molecule has 0 fully saturated rings. The lowest BCUT2D eigenvalue weighted by Gasteiger charge is -2.08. The Morgan fingerprint density at radius 3 is 2.58 bits per heavy atom. The van der Waals surface area contributed by atoms with Crippen molar-refractivity contribution in [2.75, 3.05) is 0 Å². The van der Waals surface area contributed by atoms with Gasteiger partial charge in [-0.2, -0.15) is 0 Å². The summed E-state index contributed by atoms with van der Waals surface area (Å²) in [5.74, 6) is 0. The summed E-state index contributed by atoms with van der Waals surface area (Å²) in [4.78, 5) is 22.9. The van der Waals surface area contributed by atoms with Crippen LogP contribution in [0.2, 0.25) is 0 Å². The molecule has 0 spiro atoms. The smallest absolute Gasteiger partial charge is 0.366 e. The molecule has 6 nitrogen and oxygen atoms in total. The molecule has 1 aromatic heterocycles. The normalized spacial score (nSPS) is 10.6. The van der Waals surface area contributed by atoms with Gasteiger partial charge in [0.15, 0.2) is 0 Å². The van der Waals surface area contributed by atoms with Gasteiger partial charge in [0.2, 0.25) is 0 Å². The van der Waals surface area contributed by atoms with Crippen molar-refractivity contribution in [2.24, 2.45) is 0 Å². The highest BCUT2D eigenvalue weighted by Crippen LogP contribution is 2.00. The molecule has 0 unspecified atom stereocenters. The zero-order valence-electron chi connectivity index (χ0n) is 10.4. The van der Waals surface area contributed by atoms with Crippen molar-refractivity contribution in [1.82, 2.24) is 9.30 Å². The molecule has 6 heteroatoms. The van der Waals surface area contributed by atoms with Crippen LogP contribution >= 0.6 is 0 Å². The summed E-state index contributed by atoms with van der Waals surface area (Å²) < 4.78 is 6.60. The predicted molar refractivity (Wildman–Crippen MR) is 68.1 cm³/mol. The van der Waals surface area contributed by atoms with E-state index in [1.807, 2.05) is 30.3 Å². The highest BCUT2D eigenvalue weighted by Gasteiger charge is 2.07. The SMILES string of the molecule is Cc1cn(COCc2ccccc2)c(=O)n(O)c1=O. The average Bonchev–Trinajstić information content (AvgIpc) is 2.43. The van der Waals surface area contributed by atoms with E-state index in [4.69, 9.17) is 4.74 Å². The first kappa shape index (κ1) is 13.1. The summed E-state index contributed by atoms with van der Waals surface area (Å²) in [6, 6.07) is 9.49. The molecule has 0 atom stereocenters. The minimum atomic E-state index is -0.816. The van der Waals surface area contributed by atoms with E-state index in [9.17, 15) is 14.8 Å². The van der Waals surface area contributed by atoms with Crippen molar-refractivity contribution in [1.29, 1.82) is 0 Å². The number of rotatable bonds is 4. The van der Waals surface area contributed by atoms with Crippen LogP contribution in [0.15, 0.2) is 46.1 Å². The van der Waals surface area contributed by atoms with Crippen LogP contribution in [-0.2, 0) is 18.1 Å². The lowest BCUT2D eigenvalue weighted by atomic mass is 10.2. The molecule has 0 saturated carbocycles. The van der Waals surface area contributed by atoms with Crippen molar-refractivity contribution in [2.45, 2.75) is 20.3 Å². The van der Waals surface area contributed by atoms with Crippen LogP contribution in [0.4, 0.5) is 0 Å². The summed E-state index contributed by atoms with van der Waals surface area (Å²) in [6.45, 7) is 1.83. The standard InChI is InChI=1S/C13H14N2O4/c1-10-7-14(13(17)15(18)12(10)16)9-19-8-11-5-3-2-4-6-11/h2-7,18H,8-9H2,1H3. The van der Waals surface area contributed by atoms with E-state index in [1.165, 1.54) is 13.1 Å². The molecule has 0 radical (unpaired) electrons. The molecule has 19 heavy (non-hydrogen) atoms. The number of ether oxygens (including phenoxy) is 1. The molecular weight excluding hydrogens is 248 g/mol. The molecule has 0 saturated heterocycles. The first-order chi connectivity index (χ1) is 9.09. The molecule has 1 aromatic carbocycles. The Kier molecular flexibility index (Phi) is 3.82. The van der Waals surface area contributed by atoms with Gasteiger partial charge in [-0.3, -0.25) is 9.36 Å². The summed E-state index contributed by atoms with van der Waals surface area (Å²) in [7, 11) is 0. The second-order valence-corrected chi connectivity index (χ2v) is 4.14. The van der Waals surface area contributed by atoms with E-state index < -0.39 is 11.2 Å². The number of hydrogen-bond acceptors (Lipinski definition) is 4. The van der Waals surface area contributed by atoms with E-state index in [0.29, 0.717) is 6.61 Å². The molecule has 0 bridgehead atoms. The van der Waals surface area contributed by atoms with Crippen LogP contribution < -0.4 is 11.2 Å². The van der Waals surface area contributed by atoms with Crippen molar-refractivity contribution < 1.29 is 9.94 Å². The maximum absolute atomic E-state index is 11.6. The average molecular weight is 262 g/mol. The zero-order chi connectivity index (χ0) is 13.8. The van der Waals surface area contributed by atoms with E-state index in [2.05, 4.69) is 0 Å². The van der Waals surface area contributed by atoms with Gasteiger partial charge in [0.1, 0.15) is 6.73 Å². The topological polar surface area (TPSA) is 73.5 Å². The van der Waals surface area contributed by atoms with Crippen LogP contribution in [0.5, 0.6) is 0 Å². The third-order valence-electron chi connectivity index (χ3n) is 2.65. The Hall–Kier alpha value is -2.34. The van der Waals surface area contributed by atoms with Crippen LogP contribution in [0.3, 0.4) is 0 Å². The Morgan fingerprint density at radius 2 is 1.89 bits per heavy atom. The maximum atomic E-state index is 11.6. The largest absolute Gasteiger partial charge is 0.421 e. The van der Waals surface area contributed by atoms with Gasteiger partial charge in [-0.15, -0.1) is 0 Å². The number of aromatic nitrogens is 2. The second-order valence-electron chi connectivity index (χ2n) is 4.14. The van der Waals surface area contributed by atoms with Crippen molar-refractivity contribution in [3.05, 3.63) is 68.5 Å². The van der Waals surface area contributed by atoms with Crippen LogP contribution in [0.25, 0.3) is 0 Å². The third kappa shape index (κ3) is 2.92. The fourth-order valence-corrected chi connectivity index (χ4v) is 1.65. The van der Waals surface area contributed by atoms with Gasteiger partial charge in [-0.25, -0.2) is 4.79 Å². The lowest BCUT2D eigenvalue weighted by Crippen LogP contribution is -2.39. The van der Waals surface area contributed by atoms with Crippen molar-refractivity contribution in [3.63, 3.8) is 0 Å². The Bertz CT molecular complexity index is 673. The molecule has 100 valence electrons. The maximum Gasteiger partial charge on any atom is 0.366 e. The van der Waals surface area contributed by atoms with Gasteiger partial charge in [-0.05, 0) is 12.5 Å². The van der Waals surface area contributed by atoms with Gasteiger partial charge in [0.25, 0.3) is 5.56 Å². The molecule has 2 rings (SSSR count). The minimum absolute atomic E-state index is 0.0323. The molecule has 0 aliphatic carbocycles. The summed E-state index contributed by atoms with van der Waals surface area (Å²) in [5, 5.41) is 9.30. The quantitative estimate of drug-likeness (QED) is 0.824. The number of hydrogen-bond donors (Lipinski definition) is 1. The van der Waals surface area contributed by atoms with Gasteiger partial charge in [-0.1, -0.05) is 35.1 Å². The minimum Gasteiger partial charge on any atom is -0.421 e. The molecule has 0 amide bonds. The Balaban J connectivity index is 2.09. The van der Waals surface area contributed by atoms with E-state index in [1.54, 1.807) is 0 Å². The van der Waals surface area contributed by atoms with Gasteiger partial charge in [0, 0.05) is 11.8 Å². The van der Waals surface area contributed by atoms with Crippen molar-refractivity contribution in [3.8, 4) is 0 Å². The monoisotopic (exact) mass is 262 g/mol. The molecule has 0 aliphatic heterocycles. The fourth-order valence-electron chi connectivity index (χ4n) is 1.65. The Morgan fingerprint density at radius 1 is 1.21 bits per heavy atom. The predicted octanol–water partition coefficient (Wildman–Crippen LogP) is 0.730. The third-order valence-corrected chi connectivity index (χ3v) is 2.65. The summed E-state index contributed by atoms with van der Waals surface area (Å²) in [5.41, 5.74) is -0.289. The second kappa shape index (κ2) is 5.53. The molecule has 2 aromatic rings. The van der Waals surface area contributed by atoms with Crippen LogP contribution in [-0.4, -0.2) is 14.5 Å². The summed E-state index contributed by atoms with van der Waals surface area (Å²) in [6.07, 6.45) is 1.36.